The maximum atomic E-state index is 13.9. The monoisotopic (exact) mass is 309 g/mol. The summed E-state index contributed by atoms with van der Waals surface area (Å²) in [5.41, 5.74) is 0.537. The largest absolute Gasteiger partial charge is 0.483 e. The molecule has 0 bridgehead atoms. The molecular formula is C17H21F2NO2. The zero-order valence-corrected chi connectivity index (χ0v) is 12.9. The summed E-state index contributed by atoms with van der Waals surface area (Å²) >= 11 is 0. The zero-order chi connectivity index (χ0) is 16.7. The van der Waals surface area contributed by atoms with Crippen LogP contribution in [0.2, 0.25) is 0 Å². The molecule has 1 aromatic carbocycles. The molecule has 1 aromatic rings. The highest BCUT2D eigenvalue weighted by Crippen LogP contribution is 2.24. The van der Waals surface area contributed by atoms with Gasteiger partial charge in [0.2, 0.25) is 0 Å². The van der Waals surface area contributed by atoms with Gasteiger partial charge in [-0.05, 0) is 31.1 Å². The van der Waals surface area contributed by atoms with Crippen molar-refractivity contribution in [3.05, 3.63) is 54.1 Å². The van der Waals surface area contributed by atoms with Crippen molar-refractivity contribution >= 4 is 5.91 Å². The smallest absolute Gasteiger partial charge is 0.251 e. The van der Waals surface area contributed by atoms with Crippen molar-refractivity contribution in [3.63, 3.8) is 0 Å². The van der Waals surface area contributed by atoms with E-state index in [2.05, 4.69) is 18.5 Å². The molecule has 0 saturated heterocycles. The number of amides is 1. The summed E-state index contributed by atoms with van der Waals surface area (Å²) in [6.07, 6.45) is 3.16. The third-order valence-corrected chi connectivity index (χ3v) is 2.92. The first-order valence-corrected chi connectivity index (χ1v) is 7.08. The highest BCUT2D eigenvalue weighted by Gasteiger charge is 2.17. The van der Waals surface area contributed by atoms with Gasteiger partial charge in [-0.3, -0.25) is 4.79 Å². The van der Waals surface area contributed by atoms with Gasteiger partial charge in [0.1, 0.15) is 6.61 Å². The molecule has 1 rings (SSSR count). The van der Waals surface area contributed by atoms with Gasteiger partial charge in [-0.1, -0.05) is 26.0 Å². The fraction of sp³-hybridized carbons (Fsp3) is 0.353. The lowest BCUT2D eigenvalue weighted by molar-refractivity contribution is 0.0941. The Bertz CT molecular complexity index is 547. The lowest BCUT2D eigenvalue weighted by atomic mass is 10.1. The summed E-state index contributed by atoms with van der Waals surface area (Å²) in [6, 6.07) is 1.68. The third kappa shape index (κ3) is 4.98. The molecule has 0 saturated carbocycles. The summed E-state index contributed by atoms with van der Waals surface area (Å²) < 4.78 is 32.8. The van der Waals surface area contributed by atoms with Crippen molar-refractivity contribution in [2.75, 3.05) is 6.61 Å². The van der Waals surface area contributed by atoms with Crippen LogP contribution in [0.3, 0.4) is 0 Å². The van der Waals surface area contributed by atoms with E-state index >= 15 is 0 Å². The van der Waals surface area contributed by atoms with Crippen LogP contribution in [0.5, 0.6) is 5.75 Å². The van der Waals surface area contributed by atoms with Crippen LogP contribution in [0.4, 0.5) is 8.78 Å². The molecule has 120 valence electrons. The SMILES string of the molecule is C=CC(CCC)NC(=O)c1cc(F)c(OCC(=C)C)c(F)c1. The van der Waals surface area contributed by atoms with Gasteiger partial charge in [0.15, 0.2) is 17.4 Å². The van der Waals surface area contributed by atoms with Gasteiger partial charge in [-0.15, -0.1) is 6.58 Å². The topological polar surface area (TPSA) is 38.3 Å². The predicted molar refractivity (Wildman–Crippen MR) is 83.0 cm³/mol. The van der Waals surface area contributed by atoms with Gasteiger partial charge in [0, 0.05) is 11.6 Å². The van der Waals surface area contributed by atoms with Crippen molar-refractivity contribution < 1.29 is 18.3 Å². The second-order valence-corrected chi connectivity index (χ2v) is 5.12. The molecular weight excluding hydrogens is 288 g/mol. The summed E-state index contributed by atoms with van der Waals surface area (Å²) in [6.45, 7) is 10.9. The van der Waals surface area contributed by atoms with Crippen LogP contribution >= 0.6 is 0 Å². The van der Waals surface area contributed by atoms with Crippen molar-refractivity contribution in [2.24, 2.45) is 0 Å². The average molecular weight is 309 g/mol. The fourth-order valence-electron chi connectivity index (χ4n) is 1.84. The average Bonchev–Trinajstić information content (AvgIpc) is 2.45. The Morgan fingerprint density at radius 2 is 2.00 bits per heavy atom. The number of halogens is 2. The number of rotatable bonds is 8. The van der Waals surface area contributed by atoms with Crippen LogP contribution < -0.4 is 10.1 Å². The summed E-state index contributed by atoms with van der Waals surface area (Å²) in [7, 11) is 0. The van der Waals surface area contributed by atoms with Gasteiger partial charge >= 0.3 is 0 Å². The van der Waals surface area contributed by atoms with Crippen LogP contribution in [0.25, 0.3) is 0 Å². The van der Waals surface area contributed by atoms with Crippen LogP contribution in [0.1, 0.15) is 37.0 Å². The maximum absolute atomic E-state index is 13.9. The summed E-state index contributed by atoms with van der Waals surface area (Å²) in [5, 5.41) is 2.66. The number of hydrogen-bond donors (Lipinski definition) is 1. The Labute approximate surface area is 129 Å². The normalized spacial score (nSPS) is 11.6. The number of carbonyl (C=O) groups excluding carboxylic acids is 1. The molecule has 0 aliphatic rings. The van der Waals surface area contributed by atoms with Crippen LogP contribution in [0, 0.1) is 11.6 Å². The van der Waals surface area contributed by atoms with E-state index in [1.807, 2.05) is 6.92 Å². The van der Waals surface area contributed by atoms with E-state index in [4.69, 9.17) is 4.74 Å². The minimum Gasteiger partial charge on any atom is -0.483 e. The lowest BCUT2D eigenvalue weighted by Crippen LogP contribution is -2.33. The van der Waals surface area contributed by atoms with E-state index in [1.165, 1.54) is 0 Å². The maximum Gasteiger partial charge on any atom is 0.251 e. The quantitative estimate of drug-likeness (QED) is 0.737. The molecule has 0 aromatic heterocycles. The molecule has 0 spiro atoms. The minimum absolute atomic E-state index is 0.00835. The van der Waals surface area contributed by atoms with Gasteiger partial charge in [0.25, 0.3) is 5.91 Å². The Kier molecular flexibility index (Phi) is 6.76. The van der Waals surface area contributed by atoms with E-state index in [0.717, 1.165) is 18.6 Å². The molecule has 0 aliphatic carbocycles. The van der Waals surface area contributed by atoms with Gasteiger partial charge in [-0.25, -0.2) is 8.78 Å². The van der Waals surface area contributed by atoms with E-state index in [-0.39, 0.29) is 18.2 Å². The highest BCUT2D eigenvalue weighted by molar-refractivity contribution is 5.94. The molecule has 0 aliphatic heterocycles. The van der Waals surface area contributed by atoms with E-state index in [9.17, 15) is 13.6 Å². The second kappa shape index (κ2) is 8.32. The van der Waals surface area contributed by atoms with Crippen LogP contribution in [-0.4, -0.2) is 18.6 Å². The Balaban J connectivity index is 2.90. The van der Waals surface area contributed by atoms with Crippen molar-refractivity contribution in [3.8, 4) is 5.75 Å². The molecule has 1 amide bonds. The first kappa shape index (κ1) is 17.9. The molecule has 5 heteroatoms. The first-order chi connectivity index (χ1) is 10.4. The first-order valence-electron chi connectivity index (χ1n) is 7.08. The Morgan fingerprint density at radius 3 is 2.45 bits per heavy atom. The number of hydrogen-bond acceptors (Lipinski definition) is 2. The van der Waals surface area contributed by atoms with Gasteiger partial charge < -0.3 is 10.1 Å². The van der Waals surface area contributed by atoms with Gasteiger partial charge in [-0.2, -0.15) is 0 Å². The van der Waals surface area contributed by atoms with Crippen molar-refractivity contribution in [1.82, 2.24) is 5.32 Å². The number of ether oxygens (including phenoxy) is 1. The summed E-state index contributed by atoms with van der Waals surface area (Å²) in [5.74, 6) is -2.90. The predicted octanol–water partition coefficient (Wildman–Crippen LogP) is 4.00. The van der Waals surface area contributed by atoms with E-state index in [0.29, 0.717) is 12.0 Å². The standard InChI is InChI=1S/C17H21F2NO2/c1-5-7-13(6-2)20-17(21)12-8-14(18)16(15(19)9-12)22-10-11(3)4/h6,8-9,13H,2-3,5,7,10H2,1,4H3,(H,20,21). The number of nitrogens with one attached hydrogen (secondary N) is 1. The fourth-order valence-corrected chi connectivity index (χ4v) is 1.84. The Morgan fingerprint density at radius 1 is 1.41 bits per heavy atom. The molecule has 22 heavy (non-hydrogen) atoms. The number of benzene rings is 1. The molecule has 1 N–H and O–H groups in total. The molecule has 0 radical (unpaired) electrons. The molecule has 1 unspecified atom stereocenters. The Hall–Kier alpha value is -2.17. The van der Waals surface area contributed by atoms with Gasteiger partial charge in [0.05, 0.1) is 0 Å². The molecule has 0 heterocycles. The second-order valence-electron chi connectivity index (χ2n) is 5.12. The number of carbonyl (C=O) groups is 1. The lowest BCUT2D eigenvalue weighted by Gasteiger charge is -2.15. The van der Waals surface area contributed by atoms with Crippen molar-refractivity contribution in [2.45, 2.75) is 32.7 Å². The molecule has 1 atom stereocenters. The third-order valence-electron chi connectivity index (χ3n) is 2.92. The summed E-state index contributed by atoms with van der Waals surface area (Å²) in [4.78, 5) is 12.0. The van der Waals surface area contributed by atoms with E-state index in [1.54, 1.807) is 13.0 Å². The highest BCUT2D eigenvalue weighted by atomic mass is 19.1. The molecule has 0 fully saturated rings. The van der Waals surface area contributed by atoms with Crippen LogP contribution in [0.15, 0.2) is 36.9 Å². The van der Waals surface area contributed by atoms with Crippen molar-refractivity contribution in [1.29, 1.82) is 0 Å². The zero-order valence-electron chi connectivity index (χ0n) is 12.9. The minimum atomic E-state index is -0.919. The molecule has 3 nitrogen and oxygen atoms in total. The van der Waals surface area contributed by atoms with E-state index < -0.39 is 23.3 Å². The van der Waals surface area contributed by atoms with Crippen LogP contribution in [-0.2, 0) is 0 Å².